The number of nitrogens with one attached hydrogen (secondary N) is 1. The Labute approximate surface area is 161 Å². The summed E-state index contributed by atoms with van der Waals surface area (Å²) in [6.45, 7) is 6.25. The Kier molecular flexibility index (Phi) is 5.62. The highest BCUT2D eigenvalue weighted by atomic mass is 32.2. The number of hydrogen-bond donors (Lipinski definition) is 1. The highest BCUT2D eigenvalue weighted by Crippen LogP contribution is 2.27. The van der Waals surface area contributed by atoms with Crippen molar-refractivity contribution in [2.45, 2.75) is 32.5 Å². The number of nitrogens with zero attached hydrogens (tertiary/aromatic N) is 4. The van der Waals surface area contributed by atoms with Gasteiger partial charge in [-0.25, -0.2) is 0 Å². The topological polar surface area (TPSA) is 96.7 Å². The molecule has 1 N–H and O–H groups in total. The lowest BCUT2D eigenvalue weighted by molar-refractivity contribution is -0.113. The molecule has 0 saturated carbocycles. The fraction of sp³-hybridized carbons (Fsp3) is 0.263. The van der Waals surface area contributed by atoms with Crippen molar-refractivity contribution in [2.24, 2.45) is 0 Å². The Bertz CT molecular complexity index is 1000. The Balaban J connectivity index is 1.70. The summed E-state index contributed by atoms with van der Waals surface area (Å²) in [7, 11) is 0. The lowest BCUT2D eigenvalue weighted by Crippen LogP contribution is -2.15. The van der Waals surface area contributed by atoms with Crippen molar-refractivity contribution in [2.75, 3.05) is 11.1 Å². The molecule has 27 heavy (non-hydrogen) atoms. The van der Waals surface area contributed by atoms with Crippen LogP contribution in [0.1, 0.15) is 23.8 Å². The normalized spacial score (nSPS) is 10.6. The van der Waals surface area contributed by atoms with Crippen LogP contribution in [-0.4, -0.2) is 26.4 Å². The monoisotopic (exact) mass is 381 g/mol. The molecule has 0 radical (unpaired) electrons. The second kappa shape index (κ2) is 8.10. The molecule has 0 aliphatic rings. The number of rotatable bonds is 6. The van der Waals surface area contributed by atoms with Crippen LogP contribution in [0.25, 0.3) is 11.4 Å². The average Bonchev–Trinajstić information content (AvgIpc) is 3.21. The number of thioether (sulfide) groups is 1. The highest BCUT2D eigenvalue weighted by molar-refractivity contribution is 7.99. The molecule has 1 aromatic carbocycles. The number of hydrogen-bond acceptors (Lipinski definition) is 6. The number of benzene rings is 1. The standard InChI is InChI=1S/C19H19N5O2S/c1-4-24-17(14-8-6-5-7-9-14)22-23-19(24)27-11-16(25)21-18-15(10-20)12(2)13(3)26-18/h5-9H,4,11H2,1-3H3,(H,21,25). The summed E-state index contributed by atoms with van der Waals surface area (Å²) in [6.07, 6.45) is 0. The summed E-state index contributed by atoms with van der Waals surface area (Å²) in [5, 5.41) is 21.0. The first-order valence-corrected chi connectivity index (χ1v) is 9.45. The Morgan fingerprint density at radius 2 is 2.04 bits per heavy atom. The molecule has 138 valence electrons. The van der Waals surface area contributed by atoms with Gasteiger partial charge in [0.2, 0.25) is 11.8 Å². The van der Waals surface area contributed by atoms with Gasteiger partial charge in [-0.1, -0.05) is 42.1 Å². The van der Waals surface area contributed by atoms with Crippen LogP contribution in [0.5, 0.6) is 0 Å². The molecule has 0 spiro atoms. The molecule has 2 heterocycles. The zero-order valence-corrected chi connectivity index (χ0v) is 16.1. The number of amides is 1. The minimum absolute atomic E-state index is 0.136. The molecule has 0 unspecified atom stereocenters. The van der Waals surface area contributed by atoms with E-state index in [4.69, 9.17) is 4.42 Å². The van der Waals surface area contributed by atoms with Crippen LogP contribution < -0.4 is 5.32 Å². The van der Waals surface area contributed by atoms with E-state index < -0.39 is 0 Å². The maximum Gasteiger partial charge on any atom is 0.237 e. The van der Waals surface area contributed by atoms with Gasteiger partial charge in [-0.3, -0.25) is 10.1 Å². The van der Waals surface area contributed by atoms with Crippen LogP contribution in [0.2, 0.25) is 0 Å². The van der Waals surface area contributed by atoms with Crippen molar-refractivity contribution < 1.29 is 9.21 Å². The quantitative estimate of drug-likeness (QED) is 0.653. The molecule has 7 nitrogen and oxygen atoms in total. The maximum absolute atomic E-state index is 12.3. The van der Waals surface area contributed by atoms with Crippen LogP contribution >= 0.6 is 11.8 Å². The predicted octanol–water partition coefficient (Wildman–Crippen LogP) is 3.78. The van der Waals surface area contributed by atoms with Crippen molar-refractivity contribution >= 4 is 23.6 Å². The van der Waals surface area contributed by atoms with E-state index in [-0.39, 0.29) is 17.5 Å². The SMILES string of the molecule is CCn1c(SCC(=O)Nc2oc(C)c(C)c2C#N)nnc1-c1ccccc1. The molecule has 3 aromatic rings. The van der Waals surface area contributed by atoms with Crippen molar-refractivity contribution in [3.63, 3.8) is 0 Å². The number of carbonyl (C=O) groups excluding carboxylic acids is 1. The molecule has 8 heteroatoms. The van der Waals surface area contributed by atoms with Crippen LogP contribution in [0.3, 0.4) is 0 Å². The molecule has 0 aliphatic heterocycles. The zero-order valence-electron chi connectivity index (χ0n) is 15.3. The van der Waals surface area contributed by atoms with Gasteiger partial charge in [0.05, 0.1) is 5.75 Å². The van der Waals surface area contributed by atoms with E-state index >= 15 is 0 Å². The second-order valence-electron chi connectivity index (χ2n) is 5.85. The van der Waals surface area contributed by atoms with Crippen LogP contribution in [0.4, 0.5) is 5.88 Å². The molecule has 0 fully saturated rings. The van der Waals surface area contributed by atoms with Crippen LogP contribution in [0.15, 0.2) is 39.9 Å². The predicted molar refractivity (Wildman–Crippen MR) is 103 cm³/mol. The summed E-state index contributed by atoms with van der Waals surface area (Å²) >= 11 is 1.29. The van der Waals surface area contributed by atoms with Crippen molar-refractivity contribution in [1.82, 2.24) is 14.8 Å². The summed E-state index contributed by atoms with van der Waals surface area (Å²) in [5.41, 5.74) is 2.07. The third kappa shape index (κ3) is 3.88. The Hall–Kier alpha value is -3.05. The van der Waals surface area contributed by atoms with E-state index in [0.717, 1.165) is 17.0 Å². The van der Waals surface area contributed by atoms with Gasteiger partial charge >= 0.3 is 0 Å². The van der Waals surface area contributed by atoms with Gasteiger partial charge in [-0.2, -0.15) is 5.26 Å². The first-order chi connectivity index (χ1) is 13.0. The molecule has 1 amide bonds. The lowest BCUT2D eigenvalue weighted by atomic mass is 10.2. The molecule has 2 aromatic heterocycles. The number of anilines is 1. The van der Waals surface area contributed by atoms with E-state index in [1.54, 1.807) is 13.8 Å². The van der Waals surface area contributed by atoms with E-state index in [9.17, 15) is 10.1 Å². The molecular weight excluding hydrogens is 362 g/mol. The summed E-state index contributed by atoms with van der Waals surface area (Å²) in [5.74, 6) is 1.45. The fourth-order valence-corrected chi connectivity index (χ4v) is 3.43. The first kappa shape index (κ1) is 18.7. The highest BCUT2D eigenvalue weighted by Gasteiger charge is 2.18. The average molecular weight is 381 g/mol. The van der Waals surface area contributed by atoms with Crippen molar-refractivity contribution in [3.05, 3.63) is 47.2 Å². The van der Waals surface area contributed by atoms with Crippen LogP contribution in [-0.2, 0) is 11.3 Å². The van der Waals surface area contributed by atoms with Crippen LogP contribution in [0, 0.1) is 25.2 Å². The molecule has 0 atom stereocenters. The summed E-state index contributed by atoms with van der Waals surface area (Å²) < 4.78 is 7.44. The lowest BCUT2D eigenvalue weighted by Gasteiger charge is -2.07. The minimum atomic E-state index is -0.267. The molecule has 0 bridgehead atoms. The van der Waals surface area contributed by atoms with Gasteiger partial charge in [0.1, 0.15) is 17.4 Å². The summed E-state index contributed by atoms with van der Waals surface area (Å²) in [4.78, 5) is 12.3. The van der Waals surface area contributed by atoms with E-state index in [0.29, 0.717) is 23.0 Å². The smallest absolute Gasteiger partial charge is 0.237 e. The van der Waals surface area contributed by atoms with E-state index in [1.165, 1.54) is 11.8 Å². The number of nitriles is 1. The van der Waals surface area contributed by atoms with Gasteiger partial charge in [0.15, 0.2) is 11.0 Å². The minimum Gasteiger partial charge on any atom is -0.444 e. The second-order valence-corrected chi connectivity index (χ2v) is 6.79. The molecule has 0 aliphatic carbocycles. The van der Waals surface area contributed by atoms with Gasteiger partial charge in [0, 0.05) is 17.7 Å². The molecular formula is C19H19N5O2S. The molecule has 3 rings (SSSR count). The summed E-state index contributed by atoms with van der Waals surface area (Å²) in [6, 6.07) is 11.9. The number of furan rings is 1. The Morgan fingerprint density at radius 1 is 1.30 bits per heavy atom. The third-order valence-corrected chi connectivity index (χ3v) is 5.11. The number of carbonyl (C=O) groups is 1. The van der Waals surface area contributed by atoms with Crippen molar-refractivity contribution in [3.8, 4) is 17.5 Å². The van der Waals surface area contributed by atoms with Gasteiger partial charge in [0.25, 0.3) is 0 Å². The Morgan fingerprint density at radius 3 is 2.70 bits per heavy atom. The third-order valence-electron chi connectivity index (χ3n) is 4.15. The first-order valence-electron chi connectivity index (χ1n) is 8.46. The van der Waals surface area contributed by atoms with E-state index in [2.05, 4.69) is 21.6 Å². The number of aromatic nitrogens is 3. The zero-order chi connectivity index (χ0) is 19.4. The number of aryl methyl sites for hydroxylation is 1. The molecule has 0 saturated heterocycles. The van der Waals surface area contributed by atoms with E-state index in [1.807, 2.05) is 41.8 Å². The fourth-order valence-electron chi connectivity index (χ4n) is 2.62. The van der Waals surface area contributed by atoms with Gasteiger partial charge in [-0.05, 0) is 20.8 Å². The largest absolute Gasteiger partial charge is 0.444 e. The van der Waals surface area contributed by atoms with Crippen molar-refractivity contribution in [1.29, 1.82) is 5.26 Å². The van der Waals surface area contributed by atoms with Gasteiger partial charge in [-0.15, -0.1) is 10.2 Å². The van der Waals surface area contributed by atoms with Gasteiger partial charge < -0.3 is 8.98 Å². The maximum atomic E-state index is 12.3.